The average Bonchev–Trinajstić information content (AvgIpc) is 3.09. The van der Waals surface area contributed by atoms with Crippen LogP contribution in [0.3, 0.4) is 0 Å². The van der Waals surface area contributed by atoms with Gasteiger partial charge in [-0.2, -0.15) is 0 Å². The zero-order valence-corrected chi connectivity index (χ0v) is 34.1. The number of esters is 2. The molecule has 52 heavy (non-hydrogen) atoms. The second kappa shape index (κ2) is 36.2. The van der Waals surface area contributed by atoms with Crippen molar-refractivity contribution >= 4 is 19.8 Å². The number of hydrogen-bond acceptors (Lipinski definition) is 7. The number of carbonyl (C=O) groups excluding carboxylic acids is 2. The van der Waals surface area contributed by atoms with E-state index in [-0.39, 0.29) is 19.4 Å². The molecule has 10 heteroatoms. The topological polar surface area (TPSA) is 140 Å². The number of hydrogen-bond donors (Lipinski definition) is 3. The molecule has 0 fully saturated rings. The summed E-state index contributed by atoms with van der Waals surface area (Å²) in [5.74, 6) is -0.127. The van der Waals surface area contributed by atoms with E-state index in [2.05, 4.69) is 37.4 Å². The Balaban J connectivity index is 3.98. The van der Waals surface area contributed by atoms with Crippen LogP contribution in [0.2, 0.25) is 0 Å². The van der Waals surface area contributed by atoms with Gasteiger partial charge in [0.2, 0.25) is 0 Å². The highest BCUT2D eigenvalue weighted by atomic mass is 31.2. The lowest BCUT2D eigenvalue weighted by atomic mass is 10.0. The monoisotopic (exact) mass is 757 g/mol. The van der Waals surface area contributed by atoms with Crippen LogP contribution in [-0.2, 0) is 28.2 Å². The zero-order valence-electron chi connectivity index (χ0n) is 33.2. The van der Waals surface area contributed by atoms with Crippen molar-refractivity contribution in [3.8, 4) is 0 Å². The molecule has 0 saturated carbocycles. The van der Waals surface area contributed by atoms with Crippen LogP contribution in [-0.4, -0.2) is 52.3 Å². The van der Waals surface area contributed by atoms with Crippen LogP contribution < -0.4 is 0 Å². The number of phosphoric ester groups is 1. The largest absolute Gasteiger partial charge is 0.469 e. The summed E-state index contributed by atoms with van der Waals surface area (Å²) in [5.41, 5.74) is 0. The SMILES string of the molecule is CC/C=C/C/C=C/C=C/C(O)CCCCCCCC(=O)OC[C@H](COP(=O)(O)O)OC(=O)CCCCCCCCCCCCCCCCCC(C)C. The van der Waals surface area contributed by atoms with Crippen LogP contribution in [0.5, 0.6) is 0 Å². The number of carbonyl (C=O) groups is 2. The van der Waals surface area contributed by atoms with Crippen molar-refractivity contribution < 1.29 is 43.0 Å². The van der Waals surface area contributed by atoms with Crippen LogP contribution in [0.15, 0.2) is 36.5 Å². The van der Waals surface area contributed by atoms with Gasteiger partial charge in [-0.1, -0.05) is 179 Å². The molecule has 0 aromatic rings. The Hall–Kier alpha value is -1.77. The van der Waals surface area contributed by atoms with E-state index in [0.717, 1.165) is 63.7 Å². The van der Waals surface area contributed by atoms with Crippen LogP contribution >= 0.6 is 7.82 Å². The number of phosphoric acid groups is 1. The van der Waals surface area contributed by atoms with Gasteiger partial charge in [0.05, 0.1) is 12.7 Å². The Morgan fingerprint density at radius 2 is 1.10 bits per heavy atom. The quantitative estimate of drug-likeness (QED) is 0.0186. The summed E-state index contributed by atoms with van der Waals surface area (Å²) in [6.07, 6.45) is 37.5. The minimum atomic E-state index is -4.77. The van der Waals surface area contributed by atoms with E-state index in [0.29, 0.717) is 19.3 Å². The summed E-state index contributed by atoms with van der Waals surface area (Å²) in [6.45, 7) is 5.82. The van der Waals surface area contributed by atoms with Gasteiger partial charge >= 0.3 is 19.8 Å². The first kappa shape index (κ1) is 50.2. The Labute approximate surface area is 317 Å². The molecule has 0 aliphatic heterocycles. The number of aliphatic hydroxyl groups excluding tert-OH is 1. The molecule has 0 aromatic heterocycles. The Bertz CT molecular complexity index is 973. The van der Waals surface area contributed by atoms with Crippen molar-refractivity contribution in [2.24, 2.45) is 5.92 Å². The van der Waals surface area contributed by atoms with Crippen molar-refractivity contribution in [1.82, 2.24) is 0 Å². The highest BCUT2D eigenvalue weighted by Gasteiger charge is 2.23. The van der Waals surface area contributed by atoms with Crippen molar-refractivity contribution in [1.29, 1.82) is 0 Å². The van der Waals surface area contributed by atoms with E-state index in [4.69, 9.17) is 19.3 Å². The van der Waals surface area contributed by atoms with Gasteiger partial charge in [-0.05, 0) is 38.0 Å². The number of rotatable bonds is 37. The van der Waals surface area contributed by atoms with Crippen LogP contribution in [0, 0.1) is 5.92 Å². The van der Waals surface area contributed by atoms with E-state index in [1.165, 1.54) is 77.0 Å². The normalized spacial score (nSPS) is 13.5. The maximum atomic E-state index is 12.4. The van der Waals surface area contributed by atoms with Crippen molar-refractivity contribution in [3.05, 3.63) is 36.5 Å². The van der Waals surface area contributed by atoms with Gasteiger partial charge in [0, 0.05) is 12.8 Å². The molecule has 2 atom stereocenters. The lowest BCUT2D eigenvalue weighted by Gasteiger charge is -2.18. The van der Waals surface area contributed by atoms with Crippen molar-refractivity contribution in [3.63, 3.8) is 0 Å². The predicted octanol–water partition coefficient (Wildman–Crippen LogP) is 11.4. The molecule has 0 spiro atoms. The minimum absolute atomic E-state index is 0.194. The fourth-order valence-electron chi connectivity index (χ4n) is 5.86. The van der Waals surface area contributed by atoms with Gasteiger partial charge in [-0.25, -0.2) is 4.57 Å². The van der Waals surface area contributed by atoms with Crippen molar-refractivity contribution in [2.75, 3.05) is 13.2 Å². The first-order valence-electron chi connectivity index (χ1n) is 20.7. The van der Waals surface area contributed by atoms with Crippen LogP contribution in [0.1, 0.15) is 188 Å². The van der Waals surface area contributed by atoms with Gasteiger partial charge in [0.25, 0.3) is 0 Å². The molecule has 0 bridgehead atoms. The van der Waals surface area contributed by atoms with E-state index in [1.54, 1.807) is 6.08 Å². The molecule has 0 rings (SSSR count). The summed E-state index contributed by atoms with van der Waals surface area (Å²) in [4.78, 5) is 42.8. The van der Waals surface area contributed by atoms with Crippen molar-refractivity contribution in [2.45, 2.75) is 200 Å². The second-order valence-corrected chi connectivity index (χ2v) is 15.9. The first-order chi connectivity index (χ1) is 25.0. The molecule has 1 unspecified atom stereocenters. The fourth-order valence-corrected chi connectivity index (χ4v) is 6.22. The molecule has 0 aliphatic carbocycles. The second-order valence-electron chi connectivity index (χ2n) is 14.6. The predicted molar refractivity (Wildman–Crippen MR) is 213 cm³/mol. The molecular formula is C42H77O9P. The number of aliphatic hydroxyl groups is 1. The molecule has 3 N–H and O–H groups in total. The summed E-state index contributed by atoms with van der Waals surface area (Å²) in [7, 11) is -4.77. The summed E-state index contributed by atoms with van der Waals surface area (Å²) >= 11 is 0. The molecule has 0 aliphatic rings. The smallest absolute Gasteiger partial charge is 0.462 e. The molecule has 0 saturated heterocycles. The summed E-state index contributed by atoms with van der Waals surface area (Å²) in [6, 6.07) is 0. The maximum absolute atomic E-state index is 12.4. The Kier molecular flexibility index (Phi) is 35.0. The van der Waals surface area contributed by atoms with Gasteiger partial charge in [0.1, 0.15) is 6.61 Å². The lowest BCUT2D eigenvalue weighted by Crippen LogP contribution is -2.29. The highest BCUT2D eigenvalue weighted by molar-refractivity contribution is 7.46. The molecule has 0 radical (unpaired) electrons. The molecule has 0 amide bonds. The van der Waals surface area contributed by atoms with Gasteiger partial charge in [-0.15, -0.1) is 0 Å². The minimum Gasteiger partial charge on any atom is -0.462 e. The van der Waals surface area contributed by atoms with E-state index < -0.39 is 38.6 Å². The molecule has 304 valence electrons. The van der Waals surface area contributed by atoms with E-state index >= 15 is 0 Å². The summed E-state index contributed by atoms with van der Waals surface area (Å²) < 4.78 is 26.3. The highest BCUT2D eigenvalue weighted by Crippen LogP contribution is 2.36. The van der Waals surface area contributed by atoms with Crippen LogP contribution in [0.25, 0.3) is 0 Å². The number of ether oxygens (including phenoxy) is 2. The van der Waals surface area contributed by atoms with Gasteiger partial charge in [-0.3, -0.25) is 14.1 Å². The third-order valence-electron chi connectivity index (χ3n) is 8.96. The fraction of sp³-hybridized carbons (Fsp3) is 0.810. The summed E-state index contributed by atoms with van der Waals surface area (Å²) in [5, 5.41) is 10.1. The Morgan fingerprint density at radius 3 is 1.60 bits per heavy atom. The number of unbranched alkanes of at least 4 members (excludes halogenated alkanes) is 18. The molecule has 0 heterocycles. The molecule has 9 nitrogen and oxygen atoms in total. The third-order valence-corrected chi connectivity index (χ3v) is 9.44. The first-order valence-corrected chi connectivity index (χ1v) is 22.3. The number of allylic oxidation sites excluding steroid dienone is 5. The van der Waals surface area contributed by atoms with E-state index in [1.807, 2.05) is 18.2 Å². The molecule has 0 aromatic carbocycles. The average molecular weight is 757 g/mol. The lowest BCUT2D eigenvalue weighted by molar-refractivity contribution is -0.161. The Morgan fingerprint density at radius 1 is 0.615 bits per heavy atom. The van der Waals surface area contributed by atoms with Crippen LogP contribution in [0.4, 0.5) is 0 Å². The standard InChI is InChI=1S/C42H77O9P/c1-4-5-6-7-17-22-27-32-39(43)33-28-23-20-25-29-34-41(44)49-36-40(37-50-52(46,47)48)51-42(45)35-30-24-19-16-14-12-10-8-9-11-13-15-18-21-26-31-38(2)3/h5-6,17,22,27,32,38-40,43H,4,7-16,18-21,23-26,28-31,33-37H2,1-3H3,(H2,46,47,48)/b6-5+,22-17+,32-27+/t39?,40-/m1/s1. The van der Waals surface area contributed by atoms with Gasteiger partial charge in [0.15, 0.2) is 6.10 Å². The third kappa shape index (κ3) is 39.4. The van der Waals surface area contributed by atoms with Gasteiger partial charge < -0.3 is 24.4 Å². The van der Waals surface area contributed by atoms with E-state index in [9.17, 15) is 19.3 Å². The zero-order chi connectivity index (χ0) is 38.5. The maximum Gasteiger partial charge on any atom is 0.469 e. The molecular weight excluding hydrogens is 679 g/mol.